The molecule has 0 aliphatic rings. The summed E-state index contributed by atoms with van der Waals surface area (Å²) in [4.78, 5) is 15.4. The van der Waals surface area contributed by atoms with E-state index in [9.17, 15) is 4.79 Å². The number of ether oxygens (including phenoxy) is 1. The molecule has 0 aliphatic carbocycles. The maximum Gasteiger partial charge on any atom is 0.407 e. The van der Waals surface area contributed by atoms with Crippen LogP contribution in [0.15, 0.2) is 18.3 Å². The van der Waals surface area contributed by atoms with E-state index in [-0.39, 0.29) is 6.04 Å². The van der Waals surface area contributed by atoms with Gasteiger partial charge in [0.05, 0.1) is 0 Å². The van der Waals surface area contributed by atoms with Crippen molar-refractivity contribution in [3.63, 3.8) is 0 Å². The Morgan fingerprint density at radius 2 is 2.21 bits per heavy atom. The van der Waals surface area contributed by atoms with Gasteiger partial charge < -0.3 is 15.4 Å². The maximum atomic E-state index is 11.5. The standard InChI is InChI=1S/C13H20ClN3O2/c1-9(8-16-12(18)19-13(2,3)4)17-10-5-6-15-11(14)7-10/h5-7,9H,8H2,1-4H3,(H,15,17)(H,16,18). The summed E-state index contributed by atoms with van der Waals surface area (Å²) >= 11 is 5.79. The van der Waals surface area contributed by atoms with Gasteiger partial charge in [-0.2, -0.15) is 0 Å². The summed E-state index contributed by atoms with van der Waals surface area (Å²) in [5.41, 5.74) is 0.373. The number of anilines is 1. The summed E-state index contributed by atoms with van der Waals surface area (Å²) in [6, 6.07) is 3.59. The van der Waals surface area contributed by atoms with Gasteiger partial charge in [0.15, 0.2) is 0 Å². The molecule has 0 aromatic carbocycles. The Hall–Kier alpha value is -1.49. The predicted molar refractivity (Wildman–Crippen MR) is 76.6 cm³/mol. The van der Waals surface area contributed by atoms with Crippen LogP contribution in [-0.4, -0.2) is 29.3 Å². The van der Waals surface area contributed by atoms with Gasteiger partial charge in [-0.1, -0.05) is 11.6 Å². The Labute approximate surface area is 118 Å². The molecule has 1 aromatic rings. The van der Waals surface area contributed by atoms with Crippen LogP contribution in [0, 0.1) is 0 Å². The first-order valence-corrected chi connectivity index (χ1v) is 6.49. The van der Waals surface area contributed by atoms with Crippen molar-refractivity contribution in [1.82, 2.24) is 10.3 Å². The Morgan fingerprint density at radius 3 is 2.79 bits per heavy atom. The Bertz CT molecular complexity index is 432. The Kier molecular flexibility index (Phi) is 5.42. The third-order valence-electron chi connectivity index (χ3n) is 2.09. The highest BCUT2D eigenvalue weighted by Gasteiger charge is 2.16. The molecule has 5 nitrogen and oxygen atoms in total. The molecule has 1 amide bonds. The van der Waals surface area contributed by atoms with Gasteiger partial charge in [0.25, 0.3) is 0 Å². The van der Waals surface area contributed by atoms with Crippen molar-refractivity contribution in [2.75, 3.05) is 11.9 Å². The van der Waals surface area contributed by atoms with Gasteiger partial charge in [-0.05, 0) is 39.8 Å². The van der Waals surface area contributed by atoms with Crippen LogP contribution in [0.1, 0.15) is 27.7 Å². The van der Waals surface area contributed by atoms with Crippen molar-refractivity contribution < 1.29 is 9.53 Å². The number of nitrogens with zero attached hydrogens (tertiary/aromatic N) is 1. The van der Waals surface area contributed by atoms with Crippen LogP contribution < -0.4 is 10.6 Å². The number of aromatic nitrogens is 1. The first-order valence-electron chi connectivity index (χ1n) is 6.11. The van der Waals surface area contributed by atoms with Crippen LogP contribution in [0.2, 0.25) is 5.15 Å². The first-order chi connectivity index (χ1) is 8.76. The fourth-order valence-corrected chi connectivity index (χ4v) is 1.55. The van der Waals surface area contributed by atoms with Gasteiger partial charge in [0, 0.05) is 24.5 Å². The van der Waals surface area contributed by atoms with Crippen LogP contribution in [0.25, 0.3) is 0 Å². The van der Waals surface area contributed by atoms with Crippen molar-refractivity contribution in [2.45, 2.75) is 39.3 Å². The average molecular weight is 286 g/mol. The van der Waals surface area contributed by atoms with E-state index in [1.165, 1.54) is 0 Å². The number of hydrogen-bond acceptors (Lipinski definition) is 4. The number of hydrogen-bond donors (Lipinski definition) is 2. The highest BCUT2D eigenvalue weighted by Crippen LogP contribution is 2.12. The lowest BCUT2D eigenvalue weighted by Gasteiger charge is -2.21. The molecule has 1 rings (SSSR count). The molecule has 1 heterocycles. The van der Waals surface area contributed by atoms with E-state index in [1.54, 1.807) is 12.3 Å². The van der Waals surface area contributed by atoms with Gasteiger partial charge in [-0.3, -0.25) is 0 Å². The fraction of sp³-hybridized carbons (Fsp3) is 0.538. The molecule has 106 valence electrons. The van der Waals surface area contributed by atoms with Crippen LogP contribution in [0.4, 0.5) is 10.5 Å². The molecular weight excluding hydrogens is 266 g/mol. The summed E-state index contributed by atoms with van der Waals surface area (Å²) in [6.45, 7) is 7.88. The van der Waals surface area contributed by atoms with Gasteiger partial charge in [-0.15, -0.1) is 0 Å². The zero-order valence-electron chi connectivity index (χ0n) is 11.7. The Morgan fingerprint density at radius 1 is 1.53 bits per heavy atom. The summed E-state index contributed by atoms with van der Waals surface area (Å²) in [5, 5.41) is 6.34. The molecule has 0 saturated heterocycles. The number of alkyl carbamates (subject to hydrolysis) is 1. The maximum absolute atomic E-state index is 11.5. The van der Waals surface area contributed by atoms with E-state index >= 15 is 0 Å². The van der Waals surface area contributed by atoms with E-state index < -0.39 is 11.7 Å². The minimum Gasteiger partial charge on any atom is -0.444 e. The summed E-state index contributed by atoms with van der Waals surface area (Å²) in [5.74, 6) is 0. The van der Waals surface area contributed by atoms with Crippen molar-refractivity contribution in [1.29, 1.82) is 0 Å². The third kappa shape index (κ3) is 6.86. The molecule has 2 N–H and O–H groups in total. The number of carbonyl (C=O) groups is 1. The number of halogens is 1. The second kappa shape index (κ2) is 6.61. The van der Waals surface area contributed by atoms with Crippen molar-refractivity contribution >= 4 is 23.4 Å². The first kappa shape index (κ1) is 15.6. The molecule has 19 heavy (non-hydrogen) atoms. The normalized spacial score (nSPS) is 12.7. The lowest BCUT2D eigenvalue weighted by atomic mass is 10.2. The quantitative estimate of drug-likeness (QED) is 0.835. The zero-order valence-corrected chi connectivity index (χ0v) is 12.4. The topological polar surface area (TPSA) is 63.2 Å². The molecule has 1 atom stereocenters. The molecule has 1 aromatic heterocycles. The van der Waals surface area contributed by atoms with Crippen LogP contribution in [0.3, 0.4) is 0 Å². The van der Waals surface area contributed by atoms with Crippen LogP contribution in [-0.2, 0) is 4.74 Å². The molecular formula is C13H20ClN3O2. The summed E-state index contributed by atoms with van der Waals surface area (Å²) < 4.78 is 5.15. The molecule has 0 bridgehead atoms. The van der Waals surface area contributed by atoms with E-state index in [2.05, 4.69) is 15.6 Å². The van der Waals surface area contributed by atoms with Crippen LogP contribution in [0.5, 0.6) is 0 Å². The van der Waals surface area contributed by atoms with Gasteiger partial charge in [0.1, 0.15) is 10.8 Å². The number of amides is 1. The van der Waals surface area contributed by atoms with Crippen molar-refractivity contribution in [2.24, 2.45) is 0 Å². The number of carbonyl (C=O) groups excluding carboxylic acids is 1. The molecule has 6 heteroatoms. The van der Waals surface area contributed by atoms with E-state index in [4.69, 9.17) is 16.3 Å². The highest BCUT2D eigenvalue weighted by molar-refractivity contribution is 6.29. The minimum atomic E-state index is -0.487. The lowest BCUT2D eigenvalue weighted by molar-refractivity contribution is 0.0526. The number of pyridine rings is 1. The minimum absolute atomic E-state index is 0.0472. The van der Waals surface area contributed by atoms with E-state index in [0.717, 1.165) is 5.69 Å². The SMILES string of the molecule is CC(CNC(=O)OC(C)(C)C)Nc1ccnc(Cl)c1. The van der Waals surface area contributed by atoms with E-state index in [1.807, 2.05) is 33.8 Å². The Balaban J connectivity index is 2.36. The van der Waals surface area contributed by atoms with E-state index in [0.29, 0.717) is 11.7 Å². The third-order valence-corrected chi connectivity index (χ3v) is 2.30. The molecule has 0 saturated carbocycles. The summed E-state index contributed by atoms with van der Waals surface area (Å²) in [7, 11) is 0. The van der Waals surface area contributed by atoms with Gasteiger partial charge in [0.2, 0.25) is 0 Å². The predicted octanol–water partition coefficient (Wildman–Crippen LogP) is 3.06. The molecule has 1 unspecified atom stereocenters. The average Bonchev–Trinajstić information content (AvgIpc) is 2.24. The number of nitrogens with one attached hydrogen (secondary N) is 2. The fourth-order valence-electron chi connectivity index (χ4n) is 1.38. The second-order valence-electron chi connectivity index (χ2n) is 5.30. The second-order valence-corrected chi connectivity index (χ2v) is 5.68. The largest absolute Gasteiger partial charge is 0.444 e. The molecule has 0 aliphatic heterocycles. The van der Waals surface area contributed by atoms with Gasteiger partial charge in [-0.25, -0.2) is 9.78 Å². The smallest absolute Gasteiger partial charge is 0.407 e. The van der Waals surface area contributed by atoms with Gasteiger partial charge >= 0.3 is 6.09 Å². The summed E-state index contributed by atoms with van der Waals surface area (Å²) in [6.07, 6.45) is 1.20. The number of rotatable bonds is 4. The highest BCUT2D eigenvalue weighted by atomic mass is 35.5. The molecule has 0 fully saturated rings. The van der Waals surface area contributed by atoms with Crippen LogP contribution >= 0.6 is 11.6 Å². The zero-order chi connectivity index (χ0) is 14.5. The van der Waals surface area contributed by atoms with Crippen molar-refractivity contribution in [3.05, 3.63) is 23.5 Å². The van der Waals surface area contributed by atoms with Crippen molar-refractivity contribution in [3.8, 4) is 0 Å². The molecule has 0 spiro atoms. The lowest BCUT2D eigenvalue weighted by Crippen LogP contribution is -2.38. The molecule has 0 radical (unpaired) electrons. The monoisotopic (exact) mass is 285 g/mol.